The van der Waals surface area contributed by atoms with E-state index in [1.807, 2.05) is 29.2 Å². The molecule has 0 aromatic heterocycles. The van der Waals surface area contributed by atoms with Crippen molar-refractivity contribution in [2.45, 2.75) is 12.8 Å². The van der Waals surface area contributed by atoms with Gasteiger partial charge in [-0.3, -0.25) is 4.79 Å². The van der Waals surface area contributed by atoms with Crippen molar-refractivity contribution in [3.05, 3.63) is 77.1 Å². The second-order valence-electron chi connectivity index (χ2n) is 9.59. The number of urea groups is 1. The van der Waals surface area contributed by atoms with Gasteiger partial charge in [-0.15, -0.1) is 0 Å². The van der Waals surface area contributed by atoms with E-state index in [4.69, 9.17) is 16.3 Å². The maximum atomic E-state index is 13.6. The lowest BCUT2D eigenvalue weighted by atomic mass is 10.1. The molecule has 8 nitrogen and oxygen atoms in total. The molecule has 2 fully saturated rings. The Morgan fingerprint density at radius 1 is 0.821 bits per heavy atom. The summed E-state index contributed by atoms with van der Waals surface area (Å²) in [5, 5.41) is 5.35. The number of para-hydroxylation sites is 2. The smallest absolute Gasteiger partial charge is 0.323 e. The predicted molar refractivity (Wildman–Crippen MR) is 153 cm³/mol. The van der Waals surface area contributed by atoms with Gasteiger partial charge in [0.1, 0.15) is 11.6 Å². The third kappa shape index (κ3) is 6.04. The molecule has 2 heterocycles. The molecule has 0 radical (unpaired) electrons. The Kier molecular flexibility index (Phi) is 8.07. The van der Waals surface area contributed by atoms with E-state index in [0.717, 1.165) is 69.2 Å². The Morgan fingerprint density at radius 2 is 1.44 bits per heavy atom. The van der Waals surface area contributed by atoms with Gasteiger partial charge < -0.3 is 30.1 Å². The molecule has 0 atom stereocenters. The molecule has 0 unspecified atom stereocenters. The number of piperazine rings is 1. The van der Waals surface area contributed by atoms with Crippen LogP contribution in [-0.2, 0) is 0 Å². The molecule has 5 rings (SSSR count). The molecule has 0 saturated carbocycles. The van der Waals surface area contributed by atoms with E-state index in [-0.39, 0.29) is 10.9 Å². The fraction of sp³-hybridized carbons (Fsp3) is 0.310. The van der Waals surface area contributed by atoms with E-state index in [0.29, 0.717) is 16.9 Å². The molecule has 2 N–H and O–H groups in total. The first-order valence-corrected chi connectivity index (χ1v) is 13.4. The predicted octanol–water partition coefficient (Wildman–Crippen LogP) is 5.69. The highest BCUT2D eigenvalue weighted by molar-refractivity contribution is 6.31. The molecule has 3 amide bonds. The summed E-state index contributed by atoms with van der Waals surface area (Å²) >= 11 is 5.82. The number of amides is 3. The van der Waals surface area contributed by atoms with Gasteiger partial charge in [0.2, 0.25) is 0 Å². The summed E-state index contributed by atoms with van der Waals surface area (Å²) in [5.74, 6) is 0.239. The summed E-state index contributed by atoms with van der Waals surface area (Å²) in [5.41, 5.74) is 3.31. The van der Waals surface area contributed by atoms with E-state index >= 15 is 0 Å². The van der Waals surface area contributed by atoms with Crippen LogP contribution in [0, 0.1) is 5.82 Å². The van der Waals surface area contributed by atoms with Crippen LogP contribution in [0.3, 0.4) is 0 Å². The molecule has 3 aromatic rings. The summed E-state index contributed by atoms with van der Waals surface area (Å²) in [7, 11) is 1.68. The third-order valence-electron chi connectivity index (χ3n) is 7.10. The zero-order chi connectivity index (χ0) is 27.4. The first-order chi connectivity index (χ1) is 18.9. The minimum Gasteiger partial charge on any atom is -0.495 e. The highest BCUT2D eigenvalue weighted by Crippen LogP contribution is 2.32. The fourth-order valence-electron chi connectivity index (χ4n) is 5.10. The molecule has 10 heteroatoms. The molecule has 0 bridgehead atoms. The van der Waals surface area contributed by atoms with Crippen molar-refractivity contribution >= 4 is 46.3 Å². The molecular formula is C29H31ClFN5O3. The number of rotatable bonds is 6. The van der Waals surface area contributed by atoms with Crippen molar-refractivity contribution in [3.63, 3.8) is 0 Å². The van der Waals surface area contributed by atoms with Crippen LogP contribution >= 0.6 is 11.6 Å². The number of carbonyl (C=O) groups excluding carboxylic acids is 2. The topological polar surface area (TPSA) is 77.1 Å². The Morgan fingerprint density at radius 3 is 2.10 bits per heavy atom. The van der Waals surface area contributed by atoms with Crippen molar-refractivity contribution in [3.8, 4) is 5.75 Å². The Hall–Kier alpha value is -3.98. The van der Waals surface area contributed by atoms with E-state index in [9.17, 15) is 14.0 Å². The molecule has 2 saturated heterocycles. The minimum atomic E-state index is -0.563. The maximum absolute atomic E-state index is 13.6. The van der Waals surface area contributed by atoms with Crippen molar-refractivity contribution in [1.82, 2.24) is 4.90 Å². The molecule has 2 aliphatic heterocycles. The molecule has 0 aliphatic carbocycles. The number of carbonyl (C=O) groups is 2. The van der Waals surface area contributed by atoms with Crippen LogP contribution in [0.5, 0.6) is 5.75 Å². The maximum Gasteiger partial charge on any atom is 0.323 e. The van der Waals surface area contributed by atoms with Crippen LogP contribution in [0.4, 0.5) is 31.9 Å². The average Bonchev–Trinajstić information content (AvgIpc) is 3.50. The van der Waals surface area contributed by atoms with Crippen LogP contribution in [0.15, 0.2) is 60.7 Å². The molecular weight excluding hydrogens is 521 g/mol. The van der Waals surface area contributed by atoms with Crippen molar-refractivity contribution in [1.29, 1.82) is 0 Å². The van der Waals surface area contributed by atoms with E-state index in [2.05, 4.69) is 26.5 Å². The number of hydrogen-bond acceptors (Lipinski definition) is 5. The highest BCUT2D eigenvalue weighted by atomic mass is 35.5. The fourth-order valence-corrected chi connectivity index (χ4v) is 5.28. The first-order valence-electron chi connectivity index (χ1n) is 13.0. The number of benzene rings is 3. The largest absolute Gasteiger partial charge is 0.495 e. The zero-order valence-corrected chi connectivity index (χ0v) is 22.5. The second kappa shape index (κ2) is 11.8. The van der Waals surface area contributed by atoms with Crippen LogP contribution in [0.1, 0.15) is 23.2 Å². The van der Waals surface area contributed by atoms with Gasteiger partial charge in [-0.2, -0.15) is 0 Å². The van der Waals surface area contributed by atoms with Crippen LogP contribution in [-0.4, -0.2) is 63.2 Å². The molecule has 39 heavy (non-hydrogen) atoms. The summed E-state index contributed by atoms with van der Waals surface area (Å²) in [4.78, 5) is 32.6. The Bertz CT molecular complexity index is 1360. The summed E-state index contributed by atoms with van der Waals surface area (Å²) < 4.78 is 19.0. The van der Waals surface area contributed by atoms with Crippen LogP contribution in [0.25, 0.3) is 0 Å². The minimum absolute atomic E-state index is 0.0379. The number of ether oxygens (including phenoxy) is 1. The monoisotopic (exact) mass is 551 g/mol. The SMILES string of the molecule is COc1ccccc1N1CCN(c2ccc(NC(=O)Nc3ccc(F)c(Cl)c3)cc2C(=O)N2CCCC2)CC1. The summed E-state index contributed by atoms with van der Waals surface area (Å²) in [6.07, 6.45) is 1.97. The highest BCUT2D eigenvalue weighted by Gasteiger charge is 2.27. The first kappa shape index (κ1) is 26.6. The number of methoxy groups -OCH3 is 1. The number of nitrogens with one attached hydrogen (secondary N) is 2. The van der Waals surface area contributed by atoms with Gasteiger partial charge in [0.15, 0.2) is 0 Å². The van der Waals surface area contributed by atoms with Gasteiger partial charge in [-0.05, 0) is 61.4 Å². The van der Waals surface area contributed by atoms with Crippen molar-refractivity contribution in [2.75, 3.05) is 66.8 Å². The molecule has 204 valence electrons. The molecule has 0 spiro atoms. The lowest BCUT2D eigenvalue weighted by Gasteiger charge is -2.38. The third-order valence-corrected chi connectivity index (χ3v) is 7.39. The number of halogens is 2. The van der Waals surface area contributed by atoms with Gasteiger partial charge in [-0.1, -0.05) is 23.7 Å². The van der Waals surface area contributed by atoms with Gasteiger partial charge in [0, 0.05) is 56.3 Å². The quantitative estimate of drug-likeness (QED) is 0.411. The average molecular weight is 552 g/mol. The van der Waals surface area contributed by atoms with Crippen LogP contribution in [0.2, 0.25) is 5.02 Å². The van der Waals surface area contributed by atoms with Crippen LogP contribution < -0.4 is 25.2 Å². The summed E-state index contributed by atoms with van der Waals surface area (Å²) in [6.45, 7) is 4.47. The van der Waals surface area contributed by atoms with Gasteiger partial charge in [-0.25, -0.2) is 9.18 Å². The van der Waals surface area contributed by atoms with Crippen molar-refractivity contribution in [2.24, 2.45) is 0 Å². The van der Waals surface area contributed by atoms with E-state index in [1.54, 1.807) is 19.2 Å². The van der Waals surface area contributed by atoms with Gasteiger partial charge in [0.25, 0.3) is 5.91 Å². The lowest BCUT2D eigenvalue weighted by Crippen LogP contribution is -2.47. The number of anilines is 4. The molecule has 2 aliphatic rings. The number of likely N-dealkylation sites (tertiary alicyclic amines) is 1. The second-order valence-corrected chi connectivity index (χ2v) is 9.99. The standard InChI is InChI=1S/C29H31ClFN5O3/c1-39-27-7-3-2-6-26(27)35-16-14-34(15-17-35)25-11-9-20(18-22(25)28(37)36-12-4-5-13-36)32-29(38)33-21-8-10-24(31)23(30)19-21/h2-3,6-11,18-19H,4-5,12-17H2,1H3,(H2,32,33,38). The van der Waals surface area contributed by atoms with Crippen molar-refractivity contribution < 1.29 is 18.7 Å². The normalized spacial score (nSPS) is 15.3. The number of nitrogens with zero attached hydrogens (tertiary/aromatic N) is 3. The van der Waals surface area contributed by atoms with Gasteiger partial charge >= 0.3 is 6.03 Å². The van der Waals surface area contributed by atoms with Gasteiger partial charge in [0.05, 0.1) is 23.4 Å². The Labute approximate surface area is 232 Å². The summed E-state index contributed by atoms with van der Waals surface area (Å²) in [6, 6.07) is 16.8. The lowest BCUT2D eigenvalue weighted by molar-refractivity contribution is 0.0793. The number of hydrogen-bond donors (Lipinski definition) is 2. The molecule has 3 aromatic carbocycles. The zero-order valence-electron chi connectivity index (χ0n) is 21.8. The van der Waals surface area contributed by atoms with E-state index < -0.39 is 11.8 Å². The Balaban J connectivity index is 1.34. The van der Waals surface area contributed by atoms with E-state index in [1.165, 1.54) is 18.2 Å².